The first-order valence-electron chi connectivity index (χ1n) is 6.88. The van der Waals surface area contributed by atoms with Gasteiger partial charge in [-0.1, -0.05) is 15.9 Å². The third-order valence-corrected chi connectivity index (χ3v) is 3.67. The predicted octanol–water partition coefficient (Wildman–Crippen LogP) is 3.59. The second kappa shape index (κ2) is 8.36. The molecule has 128 valence electrons. The maximum atomic E-state index is 11.8. The third-order valence-electron chi connectivity index (χ3n) is 2.97. The van der Waals surface area contributed by atoms with Crippen LogP contribution in [0.4, 0.5) is 11.4 Å². The molecule has 25 heavy (non-hydrogen) atoms. The Morgan fingerprint density at radius 1 is 1.24 bits per heavy atom. The SMILES string of the molecule is O=C(/C=C/c1ccc([N+](=O)[O-])cc1)NC(=S)Nc1cc(Br)ccc1O. The molecule has 2 rings (SSSR count). The zero-order valence-corrected chi connectivity index (χ0v) is 15.0. The minimum Gasteiger partial charge on any atom is -0.506 e. The molecule has 0 unspecified atom stereocenters. The molecule has 2 aromatic carbocycles. The monoisotopic (exact) mass is 421 g/mol. The van der Waals surface area contributed by atoms with Crippen molar-refractivity contribution in [3.63, 3.8) is 0 Å². The highest BCUT2D eigenvalue weighted by molar-refractivity contribution is 9.10. The van der Waals surface area contributed by atoms with Crippen molar-refractivity contribution < 1.29 is 14.8 Å². The number of amides is 1. The van der Waals surface area contributed by atoms with Crippen molar-refractivity contribution in [2.45, 2.75) is 0 Å². The van der Waals surface area contributed by atoms with Crippen LogP contribution in [0.1, 0.15) is 5.56 Å². The molecule has 0 heterocycles. The first-order chi connectivity index (χ1) is 11.8. The fraction of sp³-hybridized carbons (Fsp3) is 0. The zero-order chi connectivity index (χ0) is 18.4. The number of hydrogen-bond acceptors (Lipinski definition) is 5. The first kappa shape index (κ1) is 18.6. The molecule has 0 atom stereocenters. The van der Waals surface area contributed by atoms with Crippen LogP contribution in [-0.4, -0.2) is 21.0 Å². The van der Waals surface area contributed by atoms with Gasteiger partial charge < -0.3 is 10.4 Å². The van der Waals surface area contributed by atoms with E-state index in [1.807, 2.05) is 0 Å². The molecule has 0 saturated heterocycles. The lowest BCUT2D eigenvalue weighted by atomic mass is 10.2. The highest BCUT2D eigenvalue weighted by Crippen LogP contribution is 2.26. The summed E-state index contributed by atoms with van der Waals surface area (Å²) in [6, 6.07) is 10.5. The molecule has 0 aliphatic heterocycles. The summed E-state index contributed by atoms with van der Waals surface area (Å²) in [5.74, 6) is -0.494. The van der Waals surface area contributed by atoms with Gasteiger partial charge in [-0.15, -0.1) is 0 Å². The number of rotatable bonds is 4. The number of nitrogens with zero attached hydrogens (tertiary/aromatic N) is 1. The molecule has 7 nitrogen and oxygen atoms in total. The Hall–Kier alpha value is -2.78. The Morgan fingerprint density at radius 2 is 1.92 bits per heavy atom. The van der Waals surface area contributed by atoms with Gasteiger partial charge in [0.25, 0.3) is 5.69 Å². The van der Waals surface area contributed by atoms with E-state index in [4.69, 9.17) is 12.2 Å². The lowest BCUT2D eigenvalue weighted by Gasteiger charge is -2.10. The maximum absolute atomic E-state index is 11.8. The van der Waals surface area contributed by atoms with Crippen LogP contribution in [0.25, 0.3) is 6.08 Å². The van der Waals surface area contributed by atoms with Crippen LogP contribution in [0.2, 0.25) is 0 Å². The number of phenolic OH excluding ortho intramolecular Hbond substituents is 1. The van der Waals surface area contributed by atoms with Gasteiger partial charge in [-0.05, 0) is 54.2 Å². The minimum absolute atomic E-state index is 0.0128. The average molecular weight is 422 g/mol. The van der Waals surface area contributed by atoms with Crippen LogP contribution < -0.4 is 10.6 Å². The number of carbonyl (C=O) groups excluding carboxylic acids is 1. The van der Waals surface area contributed by atoms with Gasteiger partial charge in [-0.2, -0.15) is 0 Å². The Kier molecular flexibility index (Phi) is 6.20. The van der Waals surface area contributed by atoms with Gasteiger partial charge >= 0.3 is 0 Å². The van der Waals surface area contributed by atoms with Crippen molar-refractivity contribution in [2.24, 2.45) is 0 Å². The van der Waals surface area contributed by atoms with Crippen LogP contribution in [0.15, 0.2) is 53.0 Å². The fourth-order valence-corrected chi connectivity index (χ4v) is 2.37. The van der Waals surface area contributed by atoms with Crippen molar-refractivity contribution in [3.8, 4) is 5.75 Å². The largest absolute Gasteiger partial charge is 0.506 e. The van der Waals surface area contributed by atoms with Gasteiger partial charge in [0.05, 0.1) is 10.6 Å². The number of hydrogen-bond donors (Lipinski definition) is 3. The van der Waals surface area contributed by atoms with E-state index in [9.17, 15) is 20.0 Å². The molecule has 0 saturated carbocycles. The summed E-state index contributed by atoms with van der Waals surface area (Å²) in [5.41, 5.74) is 0.948. The molecule has 0 aliphatic rings. The summed E-state index contributed by atoms with van der Waals surface area (Å²) in [4.78, 5) is 21.9. The summed E-state index contributed by atoms with van der Waals surface area (Å²) >= 11 is 8.28. The molecule has 0 spiro atoms. The summed E-state index contributed by atoms with van der Waals surface area (Å²) in [6.45, 7) is 0. The number of anilines is 1. The Bertz CT molecular complexity index is 853. The highest BCUT2D eigenvalue weighted by Gasteiger charge is 2.06. The lowest BCUT2D eigenvalue weighted by molar-refractivity contribution is -0.384. The maximum Gasteiger partial charge on any atom is 0.269 e. The second-order valence-electron chi connectivity index (χ2n) is 4.79. The Morgan fingerprint density at radius 3 is 2.56 bits per heavy atom. The molecular formula is C16H12BrN3O4S. The van der Waals surface area contributed by atoms with Crippen LogP contribution >= 0.6 is 28.1 Å². The molecule has 0 bridgehead atoms. The van der Waals surface area contributed by atoms with E-state index in [0.29, 0.717) is 11.3 Å². The topological polar surface area (TPSA) is 104 Å². The number of carbonyl (C=O) groups is 1. The molecular weight excluding hydrogens is 410 g/mol. The van der Waals surface area contributed by atoms with Crippen LogP contribution in [0.5, 0.6) is 5.75 Å². The summed E-state index contributed by atoms with van der Waals surface area (Å²) < 4.78 is 0.736. The highest BCUT2D eigenvalue weighted by atomic mass is 79.9. The van der Waals surface area contributed by atoms with Crippen molar-refractivity contribution in [1.82, 2.24) is 5.32 Å². The number of halogens is 1. The number of aromatic hydroxyl groups is 1. The minimum atomic E-state index is -0.498. The standard InChI is InChI=1S/C16H12BrN3O4S/c17-11-4-7-14(21)13(9-11)18-16(25)19-15(22)8-3-10-1-5-12(6-2-10)20(23)24/h1-9,21H,(H2,18,19,22,25)/b8-3+. The molecule has 0 fully saturated rings. The predicted molar refractivity (Wildman–Crippen MR) is 102 cm³/mol. The quantitative estimate of drug-likeness (QED) is 0.229. The van der Waals surface area contributed by atoms with E-state index < -0.39 is 10.8 Å². The number of nitro benzene ring substituents is 1. The molecule has 1 amide bonds. The molecule has 0 aromatic heterocycles. The summed E-state index contributed by atoms with van der Waals surface area (Å²) in [7, 11) is 0. The molecule has 0 aliphatic carbocycles. The van der Waals surface area contributed by atoms with E-state index in [1.165, 1.54) is 42.5 Å². The van der Waals surface area contributed by atoms with E-state index in [0.717, 1.165) is 4.47 Å². The van der Waals surface area contributed by atoms with Crippen molar-refractivity contribution >= 4 is 56.6 Å². The molecule has 2 aromatic rings. The normalized spacial score (nSPS) is 10.4. The third kappa shape index (κ3) is 5.66. The Labute approximate surface area is 156 Å². The molecule has 3 N–H and O–H groups in total. The van der Waals surface area contributed by atoms with E-state index in [1.54, 1.807) is 12.1 Å². The zero-order valence-electron chi connectivity index (χ0n) is 12.6. The van der Waals surface area contributed by atoms with Crippen LogP contribution in [0, 0.1) is 10.1 Å². The van der Waals surface area contributed by atoms with Crippen molar-refractivity contribution in [3.05, 3.63) is 68.7 Å². The average Bonchev–Trinajstić information content (AvgIpc) is 2.56. The number of benzene rings is 2. The van der Waals surface area contributed by atoms with Crippen LogP contribution in [0.3, 0.4) is 0 Å². The number of phenols is 1. The van der Waals surface area contributed by atoms with Gasteiger partial charge in [-0.3, -0.25) is 20.2 Å². The smallest absolute Gasteiger partial charge is 0.269 e. The number of nitrogens with one attached hydrogen (secondary N) is 2. The Balaban J connectivity index is 1.93. The summed E-state index contributed by atoms with van der Waals surface area (Å²) in [6.07, 6.45) is 2.74. The van der Waals surface area contributed by atoms with E-state index >= 15 is 0 Å². The van der Waals surface area contributed by atoms with E-state index in [-0.39, 0.29) is 16.5 Å². The number of non-ortho nitro benzene ring substituents is 1. The van der Waals surface area contributed by atoms with Gasteiger partial charge in [0.1, 0.15) is 5.75 Å². The van der Waals surface area contributed by atoms with Gasteiger partial charge in [-0.25, -0.2) is 0 Å². The van der Waals surface area contributed by atoms with Crippen molar-refractivity contribution in [2.75, 3.05) is 5.32 Å². The van der Waals surface area contributed by atoms with Crippen LogP contribution in [-0.2, 0) is 4.79 Å². The molecule has 0 radical (unpaired) electrons. The summed E-state index contributed by atoms with van der Waals surface area (Å²) in [5, 5.41) is 25.5. The van der Waals surface area contributed by atoms with Gasteiger partial charge in [0, 0.05) is 22.7 Å². The number of thiocarbonyl (C=S) groups is 1. The van der Waals surface area contributed by atoms with Gasteiger partial charge in [0.15, 0.2) is 5.11 Å². The van der Waals surface area contributed by atoms with Gasteiger partial charge in [0.2, 0.25) is 5.91 Å². The number of nitro groups is 1. The van der Waals surface area contributed by atoms with Crippen molar-refractivity contribution in [1.29, 1.82) is 0 Å². The van der Waals surface area contributed by atoms with E-state index in [2.05, 4.69) is 26.6 Å². The first-order valence-corrected chi connectivity index (χ1v) is 8.08. The lowest BCUT2D eigenvalue weighted by Crippen LogP contribution is -2.32. The fourth-order valence-electron chi connectivity index (χ4n) is 1.79. The second-order valence-corrected chi connectivity index (χ2v) is 6.11. The molecule has 9 heteroatoms.